The molecule has 5 nitrogen and oxygen atoms in total. The van der Waals surface area contributed by atoms with Gasteiger partial charge in [0.2, 0.25) is 0 Å². The maximum absolute atomic E-state index is 12.6. The Hall–Kier alpha value is -2.73. The summed E-state index contributed by atoms with van der Waals surface area (Å²) in [7, 11) is 0. The van der Waals surface area contributed by atoms with Crippen LogP contribution in [0.3, 0.4) is 0 Å². The molecule has 3 aromatic rings. The zero-order valence-electron chi connectivity index (χ0n) is 11.0. The Labute approximate surface area is 125 Å². The van der Waals surface area contributed by atoms with Crippen molar-refractivity contribution in [2.75, 3.05) is 10.2 Å². The van der Waals surface area contributed by atoms with E-state index in [1.807, 2.05) is 47.8 Å². The molecule has 1 aromatic carbocycles. The molecule has 0 fully saturated rings. The molecular formula is C15H12N4OS. The number of urea groups is 1. The van der Waals surface area contributed by atoms with Gasteiger partial charge < -0.3 is 0 Å². The first-order chi connectivity index (χ1) is 10.3. The highest BCUT2D eigenvalue weighted by molar-refractivity contribution is 7.14. The van der Waals surface area contributed by atoms with Crippen LogP contribution in [-0.4, -0.2) is 16.0 Å². The number of rotatable bonds is 3. The Morgan fingerprint density at radius 2 is 1.76 bits per heavy atom. The highest BCUT2D eigenvalue weighted by Gasteiger charge is 2.18. The highest BCUT2D eigenvalue weighted by atomic mass is 32.1. The second-order valence-corrected chi connectivity index (χ2v) is 5.12. The summed E-state index contributed by atoms with van der Waals surface area (Å²) in [5.74, 6) is 0. The first kappa shape index (κ1) is 13.3. The molecule has 0 atom stereocenters. The minimum Gasteiger partial charge on any atom is -0.299 e. The van der Waals surface area contributed by atoms with Crippen molar-refractivity contribution in [3.05, 3.63) is 66.6 Å². The average Bonchev–Trinajstić information content (AvgIpc) is 3.02. The molecule has 0 spiro atoms. The van der Waals surface area contributed by atoms with Crippen molar-refractivity contribution in [1.82, 2.24) is 9.97 Å². The molecule has 2 heterocycles. The predicted molar refractivity (Wildman–Crippen MR) is 84.0 cm³/mol. The molecular weight excluding hydrogens is 284 g/mol. The van der Waals surface area contributed by atoms with Gasteiger partial charge in [-0.1, -0.05) is 18.2 Å². The van der Waals surface area contributed by atoms with Crippen LogP contribution in [0.1, 0.15) is 0 Å². The second kappa shape index (κ2) is 6.15. The van der Waals surface area contributed by atoms with Crippen molar-refractivity contribution in [1.29, 1.82) is 0 Å². The third kappa shape index (κ3) is 3.06. The predicted octanol–water partition coefficient (Wildman–Crippen LogP) is 3.91. The van der Waals surface area contributed by atoms with Crippen LogP contribution in [0.2, 0.25) is 0 Å². The molecule has 0 aliphatic heterocycles. The first-order valence-corrected chi connectivity index (χ1v) is 7.17. The van der Waals surface area contributed by atoms with E-state index >= 15 is 0 Å². The third-order valence-electron chi connectivity index (χ3n) is 2.77. The van der Waals surface area contributed by atoms with E-state index in [4.69, 9.17) is 0 Å². The van der Waals surface area contributed by atoms with Crippen LogP contribution >= 0.6 is 11.3 Å². The van der Waals surface area contributed by atoms with Crippen molar-refractivity contribution in [2.45, 2.75) is 0 Å². The van der Waals surface area contributed by atoms with E-state index in [2.05, 4.69) is 15.3 Å². The third-order valence-corrected chi connectivity index (χ3v) is 3.56. The van der Waals surface area contributed by atoms with Gasteiger partial charge in [-0.05, 0) is 29.6 Å². The zero-order chi connectivity index (χ0) is 14.5. The van der Waals surface area contributed by atoms with Gasteiger partial charge >= 0.3 is 6.03 Å². The Bertz CT molecular complexity index is 662. The number of hydrogen-bond acceptors (Lipinski definition) is 4. The molecule has 0 saturated carbocycles. The maximum atomic E-state index is 12.6. The highest BCUT2D eigenvalue weighted by Crippen LogP contribution is 2.25. The summed E-state index contributed by atoms with van der Waals surface area (Å²) < 4.78 is 0. The van der Waals surface area contributed by atoms with Crippen LogP contribution in [0.4, 0.5) is 21.2 Å². The first-order valence-electron chi connectivity index (χ1n) is 6.29. The molecule has 1 N–H and O–H groups in total. The van der Waals surface area contributed by atoms with Crippen molar-refractivity contribution < 1.29 is 4.79 Å². The van der Waals surface area contributed by atoms with Crippen molar-refractivity contribution in [2.24, 2.45) is 0 Å². The molecule has 2 amide bonds. The molecule has 6 heteroatoms. The number of carbonyl (C=O) groups excluding carboxylic acids is 1. The number of thiophene rings is 1. The Morgan fingerprint density at radius 3 is 2.43 bits per heavy atom. The number of para-hydroxylation sites is 1. The topological polar surface area (TPSA) is 58.1 Å². The summed E-state index contributed by atoms with van der Waals surface area (Å²) in [4.78, 5) is 22.1. The molecule has 0 aliphatic rings. The van der Waals surface area contributed by atoms with E-state index in [0.717, 1.165) is 10.7 Å². The quantitative estimate of drug-likeness (QED) is 0.797. The summed E-state index contributed by atoms with van der Waals surface area (Å²) in [6, 6.07) is 12.9. The molecule has 0 radical (unpaired) electrons. The molecule has 104 valence electrons. The number of hydrogen-bond donors (Lipinski definition) is 1. The number of anilines is 3. The number of nitrogens with zero attached hydrogens (tertiary/aromatic N) is 3. The van der Waals surface area contributed by atoms with E-state index in [9.17, 15) is 4.79 Å². The zero-order valence-corrected chi connectivity index (χ0v) is 11.8. The van der Waals surface area contributed by atoms with Gasteiger partial charge in [0.1, 0.15) is 6.33 Å². The van der Waals surface area contributed by atoms with Gasteiger partial charge in [0.15, 0.2) is 0 Å². The number of carbonyl (C=O) groups is 1. The van der Waals surface area contributed by atoms with Crippen LogP contribution in [-0.2, 0) is 0 Å². The molecule has 0 unspecified atom stereocenters. The van der Waals surface area contributed by atoms with Gasteiger partial charge in [0.05, 0.1) is 28.8 Å². The number of aromatic nitrogens is 2. The fraction of sp³-hybridized carbons (Fsp3) is 0. The lowest BCUT2D eigenvalue weighted by molar-refractivity contribution is 0.259. The smallest absolute Gasteiger partial charge is 0.299 e. The normalized spacial score (nSPS) is 10.1. The molecule has 0 aliphatic carbocycles. The van der Waals surface area contributed by atoms with Gasteiger partial charge in [-0.2, -0.15) is 0 Å². The lowest BCUT2D eigenvalue weighted by Gasteiger charge is -2.22. The average molecular weight is 296 g/mol. The lowest BCUT2D eigenvalue weighted by atomic mass is 10.3. The van der Waals surface area contributed by atoms with Crippen LogP contribution < -0.4 is 10.2 Å². The van der Waals surface area contributed by atoms with Gasteiger partial charge in [0.25, 0.3) is 0 Å². The van der Waals surface area contributed by atoms with Crippen LogP contribution in [0.5, 0.6) is 0 Å². The Balaban J connectivity index is 1.95. The Morgan fingerprint density at radius 1 is 1.00 bits per heavy atom. The van der Waals surface area contributed by atoms with Crippen molar-refractivity contribution in [3.63, 3.8) is 0 Å². The van der Waals surface area contributed by atoms with Gasteiger partial charge in [-0.25, -0.2) is 14.8 Å². The Kier molecular flexibility index (Phi) is 3.88. The number of amides is 2. The monoisotopic (exact) mass is 296 g/mol. The largest absolute Gasteiger partial charge is 0.331 e. The van der Waals surface area contributed by atoms with Crippen LogP contribution in [0.25, 0.3) is 0 Å². The SMILES string of the molecule is O=C(Nc1cccs1)N(c1ccccc1)c1cncnc1. The van der Waals surface area contributed by atoms with E-state index in [0.29, 0.717) is 5.69 Å². The molecule has 3 rings (SSSR count). The maximum Gasteiger partial charge on any atom is 0.331 e. The van der Waals surface area contributed by atoms with Crippen LogP contribution in [0, 0.1) is 0 Å². The van der Waals surface area contributed by atoms with E-state index in [1.165, 1.54) is 17.7 Å². The van der Waals surface area contributed by atoms with Gasteiger partial charge in [-0.3, -0.25) is 10.2 Å². The van der Waals surface area contributed by atoms with Gasteiger partial charge in [0, 0.05) is 0 Å². The minimum atomic E-state index is -0.251. The molecule has 0 bridgehead atoms. The van der Waals surface area contributed by atoms with E-state index in [-0.39, 0.29) is 6.03 Å². The van der Waals surface area contributed by atoms with Crippen LogP contribution in [0.15, 0.2) is 66.6 Å². The van der Waals surface area contributed by atoms with E-state index in [1.54, 1.807) is 17.3 Å². The fourth-order valence-electron chi connectivity index (χ4n) is 1.88. The van der Waals surface area contributed by atoms with Gasteiger partial charge in [-0.15, -0.1) is 11.3 Å². The summed E-state index contributed by atoms with van der Waals surface area (Å²) in [6.07, 6.45) is 4.64. The second-order valence-electron chi connectivity index (χ2n) is 4.18. The van der Waals surface area contributed by atoms with Crippen molar-refractivity contribution >= 4 is 33.7 Å². The molecule has 2 aromatic heterocycles. The van der Waals surface area contributed by atoms with E-state index < -0.39 is 0 Å². The fourth-order valence-corrected chi connectivity index (χ4v) is 2.49. The molecule has 21 heavy (non-hydrogen) atoms. The standard InChI is InChI=1S/C15H12N4OS/c20-15(18-14-7-4-8-21-14)19(12-5-2-1-3-6-12)13-9-16-11-17-10-13/h1-11H,(H,18,20). The minimum absolute atomic E-state index is 0.251. The lowest BCUT2D eigenvalue weighted by Crippen LogP contribution is -2.30. The summed E-state index contributed by atoms with van der Waals surface area (Å²) in [6.45, 7) is 0. The number of nitrogens with one attached hydrogen (secondary N) is 1. The summed E-state index contributed by atoms with van der Waals surface area (Å²) in [5.41, 5.74) is 1.36. The number of benzene rings is 1. The summed E-state index contributed by atoms with van der Waals surface area (Å²) in [5, 5.41) is 5.57. The summed E-state index contributed by atoms with van der Waals surface area (Å²) >= 11 is 1.47. The molecule has 0 saturated heterocycles. The van der Waals surface area contributed by atoms with Crippen molar-refractivity contribution in [3.8, 4) is 0 Å².